The summed E-state index contributed by atoms with van der Waals surface area (Å²) in [6.07, 6.45) is 45.2. The predicted octanol–water partition coefficient (Wildman–Crippen LogP) is 16.5. The van der Waals surface area contributed by atoms with Gasteiger partial charge in [0, 0.05) is 19.3 Å². The Morgan fingerprint density at radius 2 is 0.655 bits per heavy atom. The number of rotatable bonds is 46. The molecular formula is C52H100O6. The molecule has 0 bridgehead atoms. The van der Waals surface area contributed by atoms with E-state index in [4.69, 9.17) is 14.2 Å². The van der Waals surface area contributed by atoms with E-state index in [1.807, 2.05) is 0 Å². The van der Waals surface area contributed by atoms with Gasteiger partial charge >= 0.3 is 17.9 Å². The van der Waals surface area contributed by atoms with Gasteiger partial charge in [0.05, 0.1) is 0 Å². The minimum Gasteiger partial charge on any atom is -0.462 e. The van der Waals surface area contributed by atoms with Crippen LogP contribution in [0.3, 0.4) is 0 Å². The fourth-order valence-corrected chi connectivity index (χ4v) is 7.78. The van der Waals surface area contributed by atoms with Crippen LogP contribution < -0.4 is 0 Å². The van der Waals surface area contributed by atoms with E-state index in [0.717, 1.165) is 69.6 Å². The van der Waals surface area contributed by atoms with Gasteiger partial charge in [-0.2, -0.15) is 0 Å². The van der Waals surface area contributed by atoms with Gasteiger partial charge in [-0.15, -0.1) is 0 Å². The van der Waals surface area contributed by atoms with Gasteiger partial charge in [0.1, 0.15) is 13.2 Å². The van der Waals surface area contributed by atoms with Gasteiger partial charge in [-0.3, -0.25) is 14.4 Å². The highest BCUT2D eigenvalue weighted by Gasteiger charge is 2.19. The standard InChI is InChI=1S/C52H100O6/c1-6-8-9-10-11-12-13-14-15-16-17-18-22-27-32-37-42-50(53)56-45-49(46-57-51(54)43-38-33-29-24-25-30-35-40-47(3)4)58-52(55)44-39-34-28-23-20-19-21-26-31-36-41-48(5)7-2/h47-49H,6-46H2,1-5H3/t48?,49-/m1/s1. The first kappa shape index (κ1) is 56.4. The van der Waals surface area contributed by atoms with E-state index >= 15 is 0 Å². The predicted molar refractivity (Wildman–Crippen MR) is 247 cm³/mol. The molecule has 0 saturated heterocycles. The molecular weight excluding hydrogens is 721 g/mol. The SMILES string of the molecule is CCCCCCCCCCCCCCCCCCC(=O)OC[C@H](COC(=O)CCCCCCCCCC(C)C)OC(=O)CCCCCCCCCCCCC(C)CC. The summed E-state index contributed by atoms with van der Waals surface area (Å²) in [4.78, 5) is 37.9. The maximum Gasteiger partial charge on any atom is 0.306 e. The maximum absolute atomic E-state index is 12.8. The number of esters is 3. The number of carbonyl (C=O) groups is 3. The molecule has 0 aliphatic rings. The third kappa shape index (κ3) is 44.0. The third-order valence-electron chi connectivity index (χ3n) is 12.1. The molecule has 0 aromatic carbocycles. The molecule has 0 spiro atoms. The van der Waals surface area contributed by atoms with E-state index < -0.39 is 6.10 Å². The van der Waals surface area contributed by atoms with Crippen LogP contribution in [0.1, 0.15) is 285 Å². The molecule has 0 saturated carbocycles. The van der Waals surface area contributed by atoms with Crippen molar-refractivity contribution in [3.63, 3.8) is 0 Å². The van der Waals surface area contributed by atoms with Crippen LogP contribution in [0.4, 0.5) is 0 Å². The summed E-state index contributed by atoms with van der Waals surface area (Å²) in [5.41, 5.74) is 0. The summed E-state index contributed by atoms with van der Waals surface area (Å²) < 4.78 is 16.8. The molecule has 6 heteroatoms. The van der Waals surface area contributed by atoms with Crippen molar-refractivity contribution in [2.75, 3.05) is 13.2 Å². The fraction of sp³-hybridized carbons (Fsp3) is 0.942. The Balaban J connectivity index is 4.29. The van der Waals surface area contributed by atoms with Crippen molar-refractivity contribution in [3.8, 4) is 0 Å². The number of ether oxygens (including phenoxy) is 3. The highest BCUT2D eigenvalue weighted by molar-refractivity contribution is 5.71. The maximum atomic E-state index is 12.8. The van der Waals surface area contributed by atoms with Crippen LogP contribution in [0, 0.1) is 11.8 Å². The first-order valence-electron chi connectivity index (χ1n) is 25.8. The second-order valence-electron chi connectivity index (χ2n) is 18.5. The fourth-order valence-electron chi connectivity index (χ4n) is 7.78. The molecule has 1 unspecified atom stereocenters. The molecule has 0 N–H and O–H groups in total. The van der Waals surface area contributed by atoms with Gasteiger partial charge in [0.25, 0.3) is 0 Å². The lowest BCUT2D eigenvalue weighted by Gasteiger charge is -2.18. The molecule has 0 aliphatic carbocycles. The molecule has 0 rings (SSSR count). The first-order chi connectivity index (χ1) is 28.3. The molecule has 0 aliphatic heterocycles. The van der Waals surface area contributed by atoms with E-state index in [1.165, 1.54) is 173 Å². The summed E-state index contributed by atoms with van der Waals surface area (Å²) in [6.45, 7) is 11.3. The highest BCUT2D eigenvalue weighted by Crippen LogP contribution is 2.18. The molecule has 0 radical (unpaired) electrons. The van der Waals surface area contributed by atoms with Crippen molar-refractivity contribution in [3.05, 3.63) is 0 Å². The minimum atomic E-state index is -0.762. The smallest absolute Gasteiger partial charge is 0.306 e. The second kappa shape index (κ2) is 44.9. The normalized spacial score (nSPS) is 12.5. The Kier molecular flexibility index (Phi) is 43.7. The van der Waals surface area contributed by atoms with Gasteiger partial charge in [-0.05, 0) is 31.1 Å². The number of hydrogen-bond donors (Lipinski definition) is 0. The summed E-state index contributed by atoms with van der Waals surface area (Å²) in [6, 6.07) is 0. The van der Waals surface area contributed by atoms with Crippen molar-refractivity contribution in [1.29, 1.82) is 0 Å². The van der Waals surface area contributed by atoms with Crippen LogP contribution in [0.25, 0.3) is 0 Å². The number of hydrogen-bond acceptors (Lipinski definition) is 6. The van der Waals surface area contributed by atoms with E-state index in [9.17, 15) is 14.4 Å². The summed E-state index contributed by atoms with van der Waals surface area (Å²) in [7, 11) is 0. The Labute approximate surface area is 361 Å². The quantitative estimate of drug-likeness (QED) is 0.0346. The zero-order valence-electron chi connectivity index (χ0n) is 39.7. The van der Waals surface area contributed by atoms with Crippen LogP contribution in [-0.2, 0) is 28.6 Å². The average Bonchev–Trinajstić information content (AvgIpc) is 3.21. The molecule has 0 aromatic rings. The van der Waals surface area contributed by atoms with Gasteiger partial charge in [0.15, 0.2) is 6.10 Å². The second-order valence-corrected chi connectivity index (χ2v) is 18.5. The van der Waals surface area contributed by atoms with Crippen molar-refractivity contribution in [1.82, 2.24) is 0 Å². The summed E-state index contributed by atoms with van der Waals surface area (Å²) >= 11 is 0. The lowest BCUT2D eigenvalue weighted by atomic mass is 9.99. The first-order valence-corrected chi connectivity index (χ1v) is 25.8. The summed E-state index contributed by atoms with van der Waals surface area (Å²) in [5, 5.41) is 0. The van der Waals surface area contributed by atoms with Crippen LogP contribution in [0.15, 0.2) is 0 Å². The zero-order valence-corrected chi connectivity index (χ0v) is 39.7. The number of carbonyl (C=O) groups excluding carboxylic acids is 3. The lowest BCUT2D eigenvalue weighted by molar-refractivity contribution is -0.167. The minimum absolute atomic E-state index is 0.0643. The number of unbranched alkanes of at least 4 members (excludes halogenated alkanes) is 30. The zero-order chi connectivity index (χ0) is 42.6. The van der Waals surface area contributed by atoms with Crippen molar-refractivity contribution < 1.29 is 28.6 Å². The lowest BCUT2D eigenvalue weighted by Crippen LogP contribution is -2.30. The molecule has 0 fully saturated rings. The Morgan fingerprint density at radius 3 is 0.983 bits per heavy atom. The van der Waals surface area contributed by atoms with Gasteiger partial charge in [-0.25, -0.2) is 0 Å². The van der Waals surface area contributed by atoms with E-state index in [0.29, 0.717) is 19.3 Å². The van der Waals surface area contributed by atoms with Crippen LogP contribution in [0.2, 0.25) is 0 Å². The highest BCUT2D eigenvalue weighted by atomic mass is 16.6. The van der Waals surface area contributed by atoms with Crippen LogP contribution in [0.5, 0.6) is 0 Å². The van der Waals surface area contributed by atoms with E-state index in [1.54, 1.807) is 0 Å². The van der Waals surface area contributed by atoms with E-state index in [2.05, 4.69) is 34.6 Å². The topological polar surface area (TPSA) is 78.9 Å². The van der Waals surface area contributed by atoms with Crippen LogP contribution in [-0.4, -0.2) is 37.2 Å². The largest absolute Gasteiger partial charge is 0.462 e. The molecule has 0 amide bonds. The van der Waals surface area contributed by atoms with Gasteiger partial charge in [-0.1, -0.05) is 247 Å². The van der Waals surface area contributed by atoms with Gasteiger partial charge in [0.2, 0.25) is 0 Å². The van der Waals surface area contributed by atoms with E-state index in [-0.39, 0.29) is 31.1 Å². The molecule has 6 nitrogen and oxygen atoms in total. The van der Waals surface area contributed by atoms with Crippen molar-refractivity contribution in [2.24, 2.45) is 11.8 Å². The Bertz CT molecular complexity index is 887. The summed E-state index contributed by atoms with van der Waals surface area (Å²) in [5.74, 6) is 0.797. The monoisotopic (exact) mass is 821 g/mol. The van der Waals surface area contributed by atoms with Crippen LogP contribution >= 0.6 is 0 Å². The average molecular weight is 821 g/mol. The molecule has 58 heavy (non-hydrogen) atoms. The third-order valence-corrected chi connectivity index (χ3v) is 12.1. The molecule has 344 valence electrons. The Hall–Kier alpha value is -1.59. The molecule has 0 heterocycles. The Morgan fingerprint density at radius 1 is 0.362 bits per heavy atom. The molecule has 2 atom stereocenters. The van der Waals surface area contributed by atoms with Crippen molar-refractivity contribution >= 4 is 17.9 Å². The van der Waals surface area contributed by atoms with Crippen molar-refractivity contribution in [2.45, 2.75) is 291 Å². The molecule has 0 aromatic heterocycles. The van der Waals surface area contributed by atoms with Gasteiger partial charge < -0.3 is 14.2 Å².